The lowest BCUT2D eigenvalue weighted by molar-refractivity contribution is 0.0192. The number of amides is 1. The third-order valence-corrected chi connectivity index (χ3v) is 6.16. The molecule has 3 rings (SSSR count). The van der Waals surface area contributed by atoms with Gasteiger partial charge in [-0.1, -0.05) is 18.0 Å². The van der Waals surface area contributed by atoms with Crippen LogP contribution in [0.4, 0.5) is 10.5 Å². The first kappa shape index (κ1) is 21.4. The van der Waals surface area contributed by atoms with Gasteiger partial charge in [0.2, 0.25) is 0 Å². The molecule has 1 amide bonds. The fraction of sp³-hybridized carbons (Fsp3) is 0.682. The van der Waals surface area contributed by atoms with Crippen LogP contribution < -0.4 is 4.90 Å². The highest BCUT2D eigenvalue weighted by Gasteiger charge is 2.31. The van der Waals surface area contributed by atoms with E-state index in [2.05, 4.69) is 4.90 Å². The van der Waals surface area contributed by atoms with Gasteiger partial charge < -0.3 is 14.4 Å². The predicted octanol–water partition coefficient (Wildman–Crippen LogP) is 5.12. The van der Waals surface area contributed by atoms with Crippen LogP contribution in [0, 0.1) is 0 Å². The largest absolute Gasteiger partial charge is 0.452 e. The molecular weight excluding hydrogens is 376 g/mol. The Morgan fingerprint density at radius 3 is 2.43 bits per heavy atom. The molecule has 0 spiro atoms. The predicted molar refractivity (Wildman–Crippen MR) is 113 cm³/mol. The maximum absolute atomic E-state index is 12.4. The minimum atomic E-state index is -0.312. The Balaban J connectivity index is 1.43. The second-order valence-corrected chi connectivity index (χ2v) is 8.31. The minimum Gasteiger partial charge on any atom is -0.452 e. The van der Waals surface area contributed by atoms with Gasteiger partial charge in [-0.25, -0.2) is 4.79 Å². The second-order valence-electron chi connectivity index (χ2n) is 7.87. The topological polar surface area (TPSA) is 42.0 Å². The standard InChI is InChI=1S/C22H33ClN2O3/c1-27-22(26)25(19-8-6-18(23)7-9-19)20-10-12-21(13-11-20)28-17-5-16-24-14-3-2-4-15-24/h6-9,20-21H,2-5,10-17H2,1H3. The SMILES string of the molecule is COC(=O)N(c1ccc(Cl)cc1)C1CCC(OCCCN2CCCCC2)CC1. The summed E-state index contributed by atoms with van der Waals surface area (Å²) in [7, 11) is 1.43. The summed E-state index contributed by atoms with van der Waals surface area (Å²) in [4.78, 5) is 16.7. The van der Waals surface area contributed by atoms with Gasteiger partial charge in [0.1, 0.15) is 0 Å². The number of benzene rings is 1. The molecule has 28 heavy (non-hydrogen) atoms. The zero-order valence-electron chi connectivity index (χ0n) is 16.9. The van der Waals surface area contributed by atoms with Crippen LogP contribution in [-0.2, 0) is 9.47 Å². The van der Waals surface area contributed by atoms with Crippen molar-refractivity contribution in [1.82, 2.24) is 4.90 Å². The molecule has 0 N–H and O–H groups in total. The minimum absolute atomic E-state index is 0.141. The number of carbonyl (C=O) groups excluding carboxylic acids is 1. The average Bonchev–Trinajstić information content (AvgIpc) is 2.74. The van der Waals surface area contributed by atoms with Crippen LogP contribution in [0.25, 0.3) is 0 Å². The number of rotatable bonds is 7. The molecule has 1 aliphatic heterocycles. The molecule has 1 aliphatic carbocycles. The zero-order valence-corrected chi connectivity index (χ0v) is 17.7. The smallest absolute Gasteiger partial charge is 0.414 e. The number of carbonyl (C=O) groups is 1. The van der Waals surface area contributed by atoms with Crippen molar-refractivity contribution < 1.29 is 14.3 Å². The van der Waals surface area contributed by atoms with Crippen LogP contribution >= 0.6 is 11.6 Å². The highest BCUT2D eigenvalue weighted by atomic mass is 35.5. The van der Waals surface area contributed by atoms with Crippen molar-refractivity contribution in [3.05, 3.63) is 29.3 Å². The molecule has 0 bridgehead atoms. The quantitative estimate of drug-likeness (QED) is 0.587. The summed E-state index contributed by atoms with van der Waals surface area (Å²) in [6, 6.07) is 7.51. The number of nitrogens with zero attached hydrogens (tertiary/aromatic N) is 2. The Kier molecular flexibility index (Phi) is 8.44. The molecule has 0 atom stereocenters. The molecule has 1 saturated heterocycles. The van der Waals surface area contributed by atoms with E-state index in [1.54, 1.807) is 4.90 Å². The molecule has 156 valence electrons. The Hall–Kier alpha value is -1.30. The molecule has 0 aromatic heterocycles. The highest BCUT2D eigenvalue weighted by Crippen LogP contribution is 2.30. The first-order valence-electron chi connectivity index (χ1n) is 10.6. The van der Waals surface area contributed by atoms with E-state index >= 15 is 0 Å². The Morgan fingerprint density at radius 2 is 1.79 bits per heavy atom. The maximum Gasteiger partial charge on any atom is 0.414 e. The van der Waals surface area contributed by atoms with Crippen molar-refractivity contribution in [3.63, 3.8) is 0 Å². The number of hydrogen-bond acceptors (Lipinski definition) is 4. The second kappa shape index (κ2) is 11.0. The van der Waals surface area contributed by atoms with Gasteiger partial charge in [-0.15, -0.1) is 0 Å². The van der Waals surface area contributed by atoms with E-state index in [-0.39, 0.29) is 12.1 Å². The van der Waals surface area contributed by atoms with Crippen molar-refractivity contribution in [2.24, 2.45) is 0 Å². The molecule has 1 saturated carbocycles. The summed E-state index contributed by atoms with van der Waals surface area (Å²) in [6.07, 6.45) is 8.99. The third kappa shape index (κ3) is 6.10. The van der Waals surface area contributed by atoms with Gasteiger partial charge in [-0.2, -0.15) is 0 Å². The molecule has 0 unspecified atom stereocenters. The molecule has 2 aliphatic rings. The first-order chi connectivity index (χ1) is 13.7. The van der Waals surface area contributed by atoms with Crippen LogP contribution in [0.5, 0.6) is 0 Å². The summed E-state index contributed by atoms with van der Waals surface area (Å²) in [5.74, 6) is 0. The number of anilines is 1. The van der Waals surface area contributed by atoms with E-state index in [9.17, 15) is 4.79 Å². The zero-order chi connectivity index (χ0) is 19.8. The van der Waals surface area contributed by atoms with Crippen LogP contribution in [0.2, 0.25) is 5.02 Å². The van der Waals surface area contributed by atoms with Crippen molar-refractivity contribution >= 4 is 23.4 Å². The average molecular weight is 409 g/mol. The fourth-order valence-electron chi connectivity index (χ4n) is 4.36. The molecule has 0 radical (unpaired) electrons. The van der Waals surface area contributed by atoms with Gasteiger partial charge in [0, 0.05) is 29.9 Å². The van der Waals surface area contributed by atoms with Gasteiger partial charge in [-0.05, 0) is 82.3 Å². The van der Waals surface area contributed by atoms with Crippen molar-refractivity contribution in [2.75, 3.05) is 38.3 Å². The van der Waals surface area contributed by atoms with Crippen LogP contribution in [-0.4, -0.2) is 56.5 Å². The molecule has 6 heteroatoms. The number of halogens is 1. The van der Waals surface area contributed by atoms with Crippen molar-refractivity contribution in [1.29, 1.82) is 0 Å². The summed E-state index contributed by atoms with van der Waals surface area (Å²) < 4.78 is 11.2. The molecule has 1 aromatic rings. The number of hydrogen-bond donors (Lipinski definition) is 0. The Bertz CT molecular complexity index is 596. The van der Waals surface area contributed by atoms with Crippen molar-refractivity contribution in [2.45, 2.75) is 63.5 Å². The van der Waals surface area contributed by atoms with Crippen LogP contribution in [0.3, 0.4) is 0 Å². The Morgan fingerprint density at radius 1 is 1.11 bits per heavy atom. The molecule has 1 heterocycles. The van der Waals surface area contributed by atoms with Crippen LogP contribution in [0.15, 0.2) is 24.3 Å². The van der Waals surface area contributed by atoms with Gasteiger partial charge in [0.05, 0.1) is 13.2 Å². The monoisotopic (exact) mass is 408 g/mol. The van der Waals surface area contributed by atoms with E-state index < -0.39 is 0 Å². The highest BCUT2D eigenvalue weighted by molar-refractivity contribution is 6.30. The summed E-state index contributed by atoms with van der Waals surface area (Å²) >= 11 is 5.99. The molecule has 2 fully saturated rings. The maximum atomic E-state index is 12.4. The molecular formula is C22H33ClN2O3. The lowest BCUT2D eigenvalue weighted by Gasteiger charge is -2.36. The van der Waals surface area contributed by atoms with E-state index in [4.69, 9.17) is 21.1 Å². The number of ether oxygens (including phenoxy) is 2. The van der Waals surface area contributed by atoms with Crippen molar-refractivity contribution in [3.8, 4) is 0 Å². The van der Waals surface area contributed by atoms with Gasteiger partial charge in [0.15, 0.2) is 0 Å². The third-order valence-electron chi connectivity index (χ3n) is 5.91. The van der Waals surface area contributed by atoms with E-state index in [0.717, 1.165) is 50.9 Å². The van der Waals surface area contributed by atoms with E-state index in [0.29, 0.717) is 11.1 Å². The van der Waals surface area contributed by atoms with Crippen LogP contribution in [0.1, 0.15) is 51.4 Å². The van der Waals surface area contributed by atoms with E-state index in [1.165, 1.54) is 39.5 Å². The lowest BCUT2D eigenvalue weighted by atomic mass is 9.91. The van der Waals surface area contributed by atoms with Gasteiger partial charge in [0.25, 0.3) is 0 Å². The summed E-state index contributed by atoms with van der Waals surface area (Å²) in [6.45, 7) is 4.49. The normalized spacial score (nSPS) is 23.4. The van der Waals surface area contributed by atoms with E-state index in [1.807, 2.05) is 24.3 Å². The first-order valence-corrected chi connectivity index (χ1v) is 11.0. The lowest BCUT2D eigenvalue weighted by Crippen LogP contribution is -2.43. The summed E-state index contributed by atoms with van der Waals surface area (Å²) in [5, 5.41) is 0.662. The number of likely N-dealkylation sites (tertiary alicyclic amines) is 1. The number of methoxy groups -OCH3 is 1. The molecule has 5 nitrogen and oxygen atoms in total. The Labute approximate surface area is 173 Å². The van der Waals surface area contributed by atoms with Gasteiger partial charge >= 0.3 is 6.09 Å². The fourth-order valence-corrected chi connectivity index (χ4v) is 4.48. The summed E-state index contributed by atoms with van der Waals surface area (Å²) in [5.41, 5.74) is 0.835. The molecule has 1 aromatic carbocycles. The van der Waals surface area contributed by atoms with Gasteiger partial charge in [-0.3, -0.25) is 4.90 Å². The number of piperidine rings is 1.